The Hall–Kier alpha value is -3.56. The summed E-state index contributed by atoms with van der Waals surface area (Å²) in [5.74, 6) is 1.51. The molecule has 1 aliphatic heterocycles. The summed E-state index contributed by atoms with van der Waals surface area (Å²) in [7, 11) is 0. The summed E-state index contributed by atoms with van der Waals surface area (Å²) in [6, 6.07) is 20.7. The molecule has 1 N–H and O–H groups in total. The number of nitriles is 1. The molecule has 0 spiro atoms. The summed E-state index contributed by atoms with van der Waals surface area (Å²) in [6.07, 6.45) is 0.443. The Bertz CT molecular complexity index is 1120. The number of piperidine rings is 1. The van der Waals surface area contributed by atoms with E-state index < -0.39 is 6.09 Å². The third-order valence-corrected chi connectivity index (χ3v) is 5.69. The van der Waals surface area contributed by atoms with Gasteiger partial charge in [0.1, 0.15) is 17.6 Å². The van der Waals surface area contributed by atoms with Gasteiger partial charge in [0.15, 0.2) is 0 Å². The van der Waals surface area contributed by atoms with E-state index in [0.717, 1.165) is 17.0 Å². The molecule has 0 aliphatic carbocycles. The van der Waals surface area contributed by atoms with Gasteiger partial charge >= 0.3 is 6.09 Å². The van der Waals surface area contributed by atoms with Crippen LogP contribution in [0.3, 0.4) is 0 Å². The van der Waals surface area contributed by atoms with Gasteiger partial charge in [-0.15, -0.1) is 0 Å². The number of halogens is 1. The van der Waals surface area contributed by atoms with E-state index in [-0.39, 0.29) is 5.92 Å². The second-order valence-corrected chi connectivity index (χ2v) is 7.75. The fourth-order valence-electron chi connectivity index (χ4n) is 3.73. The zero-order valence-electron chi connectivity index (χ0n) is 16.7. The van der Waals surface area contributed by atoms with Crippen LogP contribution in [0.4, 0.5) is 4.79 Å². The highest BCUT2D eigenvalue weighted by atomic mass is 35.5. The number of benzene rings is 2. The lowest BCUT2D eigenvalue weighted by molar-refractivity contribution is 0.131. The highest BCUT2D eigenvalue weighted by Gasteiger charge is 2.26. The predicted molar refractivity (Wildman–Crippen MR) is 117 cm³/mol. The van der Waals surface area contributed by atoms with Gasteiger partial charge in [0.25, 0.3) is 0 Å². The zero-order valence-corrected chi connectivity index (χ0v) is 17.4. The van der Waals surface area contributed by atoms with Crippen LogP contribution in [0.1, 0.15) is 30.0 Å². The molecule has 2 aromatic carbocycles. The smallest absolute Gasteiger partial charge is 0.407 e. The maximum absolute atomic E-state index is 11.2. The second-order valence-electron chi connectivity index (χ2n) is 7.35. The standard InChI is InChI=1S/C24H20ClN3O3/c25-21-14-22(16-10-12-28(13-11-16)24(29)30)27-23(20(21)15-26)17-6-8-19(9-7-17)31-18-4-2-1-3-5-18/h1-9,14,16H,10-13H2,(H,29,30). The third kappa shape index (κ3) is 4.62. The van der Waals surface area contributed by atoms with E-state index >= 15 is 0 Å². The average Bonchev–Trinajstić information content (AvgIpc) is 2.80. The minimum Gasteiger partial charge on any atom is -0.465 e. The van der Waals surface area contributed by atoms with Gasteiger partial charge in [-0.05, 0) is 55.3 Å². The van der Waals surface area contributed by atoms with Gasteiger partial charge in [-0.3, -0.25) is 4.98 Å². The van der Waals surface area contributed by atoms with E-state index in [9.17, 15) is 10.1 Å². The number of likely N-dealkylation sites (tertiary alicyclic amines) is 1. The Labute approximate surface area is 185 Å². The molecule has 1 aliphatic rings. The summed E-state index contributed by atoms with van der Waals surface area (Å²) in [4.78, 5) is 17.3. The first-order chi connectivity index (χ1) is 15.0. The summed E-state index contributed by atoms with van der Waals surface area (Å²) >= 11 is 6.43. The molecule has 0 atom stereocenters. The molecular formula is C24H20ClN3O3. The molecule has 1 aromatic heterocycles. The highest BCUT2D eigenvalue weighted by Crippen LogP contribution is 2.34. The minimum absolute atomic E-state index is 0.0975. The first-order valence-corrected chi connectivity index (χ1v) is 10.3. The Kier molecular flexibility index (Phi) is 6.06. The predicted octanol–water partition coefficient (Wildman–Crippen LogP) is 5.92. The van der Waals surface area contributed by atoms with Crippen molar-refractivity contribution in [1.82, 2.24) is 9.88 Å². The van der Waals surface area contributed by atoms with E-state index in [1.807, 2.05) is 54.6 Å². The first-order valence-electron chi connectivity index (χ1n) is 9.97. The Morgan fingerprint density at radius 2 is 1.74 bits per heavy atom. The zero-order chi connectivity index (χ0) is 21.8. The van der Waals surface area contributed by atoms with E-state index in [0.29, 0.717) is 48.0 Å². The molecule has 3 aromatic rings. The van der Waals surface area contributed by atoms with Crippen molar-refractivity contribution in [3.05, 3.63) is 76.9 Å². The number of pyridine rings is 1. The molecule has 7 heteroatoms. The van der Waals surface area contributed by atoms with Crippen molar-refractivity contribution in [2.45, 2.75) is 18.8 Å². The fraction of sp³-hybridized carbons (Fsp3) is 0.208. The monoisotopic (exact) mass is 433 g/mol. The molecule has 0 bridgehead atoms. The van der Waals surface area contributed by atoms with Crippen LogP contribution in [-0.4, -0.2) is 34.2 Å². The number of carboxylic acid groups (broad SMARTS) is 1. The number of ether oxygens (including phenoxy) is 1. The summed E-state index contributed by atoms with van der Waals surface area (Å²) in [6.45, 7) is 0.917. The van der Waals surface area contributed by atoms with Gasteiger partial charge in [-0.25, -0.2) is 4.79 Å². The molecule has 0 radical (unpaired) electrons. The van der Waals surface area contributed by atoms with Crippen molar-refractivity contribution in [3.63, 3.8) is 0 Å². The number of amides is 1. The number of carbonyl (C=O) groups is 1. The molecule has 156 valence electrons. The van der Waals surface area contributed by atoms with E-state index in [1.54, 1.807) is 6.07 Å². The molecule has 1 saturated heterocycles. The Balaban J connectivity index is 1.60. The van der Waals surface area contributed by atoms with Crippen molar-refractivity contribution in [2.75, 3.05) is 13.1 Å². The van der Waals surface area contributed by atoms with Crippen LogP contribution < -0.4 is 4.74 Å². The van der Waals surface area contributed by atoms with Crippen LogP contribution in [0.5, 0.6) is 11.5 Å². The maximum Gasteiger partial charge on any atom is 0.407 e. The second kappa shape index (κ2) is 9.07. The lowest BCUT2D eigenvalue weighted by atomic mass is 9.92. The van der Waals surface area contributed by atoms with Crippen molar-refractivity contribution in [2.24, 2.45) is 0 Å². The number of hydrogen-bond acceptors (Lipinski definition) is 4. The summed E-state index contributed by atoms with van der Waals surface area (Å²) in [5.41, 5.74) is 2.40. The molecule has 0 saturated carbocycles. The van der Waals surface area contributed by atoms with Gasteiger partial charge < -0.3 is 14.7 Å². The van der Waals surface area contributed by atoms with E-state index in [4.69, 9.17) is 26.4 Å². The maximum atomic E-state index is 11.2. The molecule has 6 nitrogen and oxygen atoms in total. The molecule has 2 heterocycles. The van der Waals surface area contributed by atoms with Crippen LogP contribution in [0.25, 0.3) is 11.3 Å². The van der Waals surface area contributed by atoms with Crippen LogP contribution in [0, 0.1) is 11.3 Å². The molecular weight excluding hydrogens is 414 g/mol. The van der Waals surface area contributed by atoms with Gasteiger partial charge in [0, 0.05) is 30.3 Å². The van der Waals surface area contributed by atoms with Crippen LogP contribution in [0.15, 0.2) is 60.7 Å². The SMILES string of the molecule is N#Cc1c(Cl)cc(C2CCN(C(=O)O)CC2)nc1-c1ccc(Oc2ccccc2)cc1. The topological polar surface area (TPSA) is 86.5 Å². The van der Waals surface area contributed by atoms with E-state index in [2.05, 4.69) is 6.07 Å². The van der Waals surface area contributed by atoms with Gasteiger partial charge in [-0.2, -0.15) is 5.26 Å². The summed E-state index contributed by atoms with van der Waals surface area (Å²) < 4.78 is 5.83. The minimum atomic E-state index is -0.900. The van der Waals surface area contributed by atoms with Crippen LogP contribution in [-0.2, 0) is 0 Å². The number of nitrogens with zero attached hydrogens (tertiary/aromatic N) is 3. The van der Waals surface area contributed by atoms with Crippen molar-refractivity contribution < 1.29 is 14.6 Å². The molecule has 31 heavy (non-hydrogen) atoms. The Morgan fingerprint density at radius 3 is 2.35 bits per heavy atom. The number of rotatable bonds is 4. The number of hydrogen-bond donors (Lipinski definition) is 1. The van der Waals surface area contributed by atoms with Crippen molar-refractivity contribution >= 4 is 17.7 Å². The fourth-order valence-corrected chi connectivity index (χ4v) is 3.97. The quantitative estimate of drug-likeness (QED) is 0.551. The average molecular weight is 434 g/mol. The largest absolute Gasteiger partial charge is 0.465 e. The van der Waals surface area contributed by atoms with Gasteiger partial charge in [-0.1, -0.05) is 29.8 Å². The molecule has 1 amide bonds. The molecule has 0 unspecified atom stereocenters. The number of aromatic nitrogens is 1. The van der Waals surface area contributed by atoms with Crippen LogP contribution in [0.2, 0.25) is 5.02 Å². The highest BCUT2D eigenvalue weighted by molar-refractivity contribution is 6.32. The Morgan fingerprint density at radius 1 is 1.10 bits per heavy atom. The van der Waals surface area contributed by atoms with Crippen molar-refractivity contribution in [1.29, 1.82) is 5.26 Å². The van der Waals surface area contributed by atoms with Crippen molar-refractivity contribution in [3.8, 4) is 28.8 Å². The van der Waals surface area contributed by atoms with Gasteiger partial charge in [0.2, 0.25) is 0 Å². The lowest BCUT2D eigenvalue weighted by Gasteiger charge is -2.30. The number of para-hydroxylation sites is 1. The molecule has 4 rings (SSSR count). The van der Waals surface area contributed by atoms with Gasteiger partial charge in [0.05, 0.1) is 16.3 Å². The van der Waals surface area contributed by atoms with E-state index in [1.165, 1.54) is 4.90 Å². The first kappa shape index (κ1) is 20.7. The third-order valence-electron chi connectivity index (χ3n) is 5.39. The molecule has 1 fully saturated rings. The van der Waals surface area contributed by atoms with Crippen LogP contribution >= 0.6 is 11.6 Å². The normalized spacial score (nSPS) is 14.1. The lowest BCUT2D eigenvalue weighted by Crippen LogP contribution is -2.37. The summed E-state index contributed by atoms with van der Waals surface area (Å²) in [5, 5.41) is 19.1.